The number of ether oxygens (including phenoxy) is 1. The van der Waals surface area contributed by atoms with Crippen molar-refractivity contribution in [2.75, 3.05) is 23.3 Å². The lowest BCUT2D eigenvalue weighted by atomic mass is 10.1. The van der Waals surface area contributed by atoms with Gasteiger partial charge in [0.2, 0.25) is 0 Å². The third-order valence-electron chi connectivity index (χ3n) is 2.76. The first-order valence-electron chi connectivity index (χ1n) is 6.31. The number of nitrogens with zero attached hydrogens (tertiary/aromatic N) is 2. The van der Waals surface area contributed by atoms with Crippen LogP contribution in [0.25, 0.3) is 0 Å². The molecule has 0 radical (unpaired) electrons. The summed E-state index contributed by atoms with van der Waals surface area (Å²) < 4.78 is 5.32. The zero-order valence-corrected chi connectivity index (χ0v) is 11.7. The van der Waals surface area contributed by atoms with Gasteiger partial charge in [0.1, 0.15) is 11.3 Å². The highest BCUT2D eigenvalue weighted by atomic mass is 16.6. The van der Waals surface area contributed by atoms with Gasteiger partial charge in [-0.05, 0) is 26.8 Å². The molecule has 2 rings (SSSR count). The Morgan fingerprint density at radius 1 is 1.45 bits per heavy atom. The fourth-order valence-electron chi connectivity index (χ4n) is 2.01. The molecule has 1 N–H and O–H groups in total. The van der Waals surface area contributed by atoms with E-state index >= 15 is 0 Å². The summed E-state index contributed by atoms with van der Waals surface area (Å²) in [5.74, 6) is 0. The number of hydrogen-bond donors (Lipinski definition) is 1. The third-order valence-corrected chi connectivity index (χ3v) is 2.76. The van der Waals surface area contributed by atoms with Crippen LogP contribution >= 0.6 is 0 Å². The fraction of sp³-hybridized carbons (Fsp3) is 0.462. The molecule has 1 amide bonds. The third kappa shape index (κ3) is 2.81. The molecule has 0 atom stereocenters. The first kappa shape index (κ1) is 14.1. The maximum Gasteiger partial charge on any atom is 0.414 e. The number of anilines is 2. The van der Waals surface area contributed by atoms with Gasteiger partial charge in [0.15, 0.2) is 0 Å². The number of amides is 1. The van der Waals surface area contributed by atoms with Crippen molar-refractivity contribution in [1.82, 2.24) is 0 Å². The van der Waals surface area contributed by atoms with E-state index in [1.165, 1.54) is 11.0 Å². The molecule has 0 aromatic heterocycles. The van der Waals surface area contributed by atoms with E-state index < -0.39 is 16.6 Å². The van der Waals surface area contributed by atoms with Crippen LogP contribution in [0.4, 0.5) is 21.9 Å². The Balaban J connectivity index is 2.36. The molecule has 0 saturated heterocycles. The Labute approximate surface area is 116 Å². The van der Waals surface area contributed by atoms with Crippen LogP contribution < -0.4 is 10.2 Å². The van der Waals surface area contributed by atoms with Crippen molar-refractivity contribution in [3.63, 3.8) is 0 Å². The molecule has 0 spiro atoms. The van der Waals surface area contributed by atoms with Crippen molar-refractivity contribution in [2.45, 2.75) is 26.4 Å². The number of benzene rings is 1. The van der Waals surface area contributed by atoms with Gasteiger partial charge in [-0.2, -0.15) is 0 Å². The smallest absolute Gasteiger partial charge is 0.414 e. The molecule has 0 fully saturated rings. The van der Waals surface area contributed by atoms with Crippen LogP contribution in [0.3, 0.4) is 0 Å². The Hall–Kier alpha value is -2.31. The van der Waals surface area contributed by atoms with E-state index in [4.69, 9.17) is 4.74 Å². The second-order valence-electron chi connectivity index (χ2n) is 5.49. The summed E-state index contributed by atoms with van der Waals surface area (Å²) in [7, 11) is 0. The van der Waals surface area contributed by atoms with Gasteiger partial charge in [0, 0.05) is 19.2 Å². The minimum atomic E-state index is -0.608. The Morgan fingerprint density at radius 3 is 2.75 bits per heavy atom. The lowest BCUT2D eigenvalue weighted by molar-refractivity contribution is -0.383. The number of nitro groups is 1. The average Bonchev–Trinajstić information content (AvgIpc) is 2.35. The van der Waals surface area contributed by atoms with Gasteiger partial charge in [-0.3, -0.25) is 15.0 Å². The van der Waals surface area contributed by atoms with Crippen molar-refractivity contribution in [1.29, 1.82) is 0 Å². The van der Waals surface area contributed by atoms with Gasteiger partial charge in [-0.25, -0.2) is 4.79 Å². The summed E-state index contributed by atoms with van der Waals surface area (Å²) in [4.78, 5) is 24.1. The highest BCUT2D eigenvalue weighted by molar-refractivity contribution is 5.95. The van der Waals surface area contributed by atoms with Crippen LogP contribution in [-0.2, 0) is 4.74 Å². The highest BCUT2D eigenvalue weighted by Gasteiger charge is 2.30. The lowest BCUT2D eigenvalue weighted by Gasteiger charge is -2.31. The largest absolute Gasteiger partial charge is 0.443 e. The molecule has 108 valence electrons. The van der Waals surface area contributed by atoms with Crippen LogP contribution in [-0.4, -0.2) is 29.7 Å². The lowest BCUT2D eigenvalue weighted by Crippen LogP contribution is -2.42. The molecule has 0 unspecified atom stereocenters. The van der Waals surface area contributed by atoms with E-state index in [1.807, 2.05) is 0 Å². The molecule has 7 heteroatoms. The van der Waals surface area contributed by atoms with Gasteiger partial charge in [0.05, 0.1) is 10.6 Å². The normalized spacial score (nSPS) is 14.2. The van der Waals surface area contributed by atoms with Crippen LogP contribution in [0.5, 0.6) is 0 Å². The van der Waals surface area contributed by atoms with Crippen molar-refractivity contribution < 1.29 is 14.5 Å². The molecule has 1 aliphatic rings. The Bertz CT molecular complexity index is 551. The van der Waals surface area contributed by atoms with E-state index in [0.29, 0.717) is 24.5 Å². The van der Waals surface area contributed by atoms with Crippen LogP contribution in [0.2, 0.25) is 0 Å². The standard InChI is InChI=1S/C13H17N3O4/c1-13(2,3)20-12(17)15-8-7-14-11-9(15)5-4-6-10(11)16(18)19/h4-6,14H,7-8H2,1-3H3. The topological polar surface area (TPSA) is 84.7 Å². The van der Waals surface area contributed by atoms with Crippen molar-refractivity contribution in [3.05, 3.63) is 28.3 Å². The predicted octanol–water partition coefficient (Wildman–Crippen LogP) is 2.76. The zero-order valence-electron chi connectivity index (χ0n) is 11.7. The van der Waals surface area contributed by atoms with Gasteiger partial charge in [-0.15, -0.1) is 0 Å². The van der Waals surface area contributed by atoms with Crippen LogP contribution in [0.1, 0.15) is 20.8 Å². The van der Waals surface area contributed by atoms with E-state index in [0.717, 1.165) is 0 Å². The molecular formula is C13H17N3O4. The summed E-state index contributed by atoms with van der Waals surface area (Å²) in [6, 6.07) is 4.63. The maximum atomic E-state index is 12.2. The Kier molecular flexibility index (Phi) is 3.52. The van der Waals surface area contributed by atoms with E-state index in [-0.39, 0.29) is 5.69 Å². The van der Waals surface area contributed by atoms with Gasteiger partial charge >= 0.3 is 6.09 Å². The first-order valence-corrected chi connectivity index (χ1v) is 6.31. The summed E-state index contributed by atoms with van der Waals surface area (Å²) in [6.45, 7) is 6.19. The molecule has 0 aliphatic carbocycles. The zero-order chi connectivity index (χ0) is 14.9. The van der Waals surface area contributed by atoms with E-state index in [2.05, 4.69) is 5.32 Å². The molecule has 20 heavy (non-hydrogen) atoms. The number of nitrogens with one attached hydrogen (secondary N) is 1. The van der Waals surface area contributed by atoms with Crippen molar-refractivity contribution in [3.8, 4) is 0 Å². The highest BCUT2D eigenvalue weighted by Crippen LogP contribution is 2.37. The summed E-state index contributed by atoms with van der Waals surface area (Å²) >= 11 is 0. The second-order valence-corrected chi connectivity index (χ2v) is 5.49. The first-order chi connectivity index (χ1) is 9.29. The number of carbonyl (C=O) groups is 1. The van der Waals surface area contributed by atoms with Crippen molar-refractivity contribution in [2.24, 2.45) is 0 Å². The molecule has 1 aromatic rings. The molecule has 0 saturated carbocycles. The average molecular weight is 279 g/mol. The Morgan fingerprint density at radius 2 is 2.15 bits per heavy atom. The van der Waals surface area contributed by atoms with Gasteiger partial charge in [-0.1, -0.05) is 6.07 Å². The van der Waals surface area contributed by atoms with E-state index in [9.17, 15) is 14.9 Å². The second kappa shape index (κ2) is 4.99. The quantitative estimate of drug-likeness (QED) is 0.631. The number of nitro benzene ring substituents is 1. The van der Waals surface area contributed by atoms with Crippen LogP contribution in [0.15, 0.2) is 18.2 Å². The molecule has 1 aromatic carbocycles. The minimum Gasteiger partial charge on any atom is -0.443 e. The van der Waals surface area contributed by atoms with E-state index in [1.54, 1.807) is 32.9 Å². The predicted molar refractivity (Wildman–Crippen MR) is 75.2 cm³/mol. The number of hydrogen-bond acceptors (Lipinski definition) is 5. The number of rotatable bonds is 1. The minimum absolute atomic E-state index is 0.0456. The van der Waals surface area contributed by atoms with Gasteiger partial charge in [0.25, 0.3) is 5.69 Å². The summed E-state index contributed by atoms with van der Waals surface area (Å²) in [6.07, 6.45) is -0.499. The van der Waals surface area contributed by atoms with Crippen LogP contribution in [0, 0.1) is 10.1 Å². The monoisotopic (exact) mass is 279 g/mol. The number of carbonyl (C=O) groups excluding carboxylic acids is 1. The van der Waals surface area contributed by atoms with Crippen molar-refractivity contribution >= 4 is 23.2 Å². The maximum absolute atomic E-state index is 12.2. The molecule has 0 bridgehead atoms. The number of fused-ring (bicyclic) bond motifs is 1. The fourth-order valence-corrected chi connectivity index (χ4v) is 2.01. The molecular weight excluding hydrogens is 262 g/mol. The summed E-state index contributed by atoms with van der Waals surface area (Å²) in [5, 5.41) is 14.0. The van der Waals surface area contributed by atoms with Gasteiger partial charge < -0.3 is 10.1 Å². The molecule has 1 heterocycles. The summed E-state index contributed by atoms with van der Waals surface area (Å²) in [5.41, 5.74) is 0.174. The molecule has 7 nitrogen and oxygen atoms in total. The SMILES string of the molecule is CC(C)(C)OC(=O)N1CCNc2c1cccc2[N+](=O)[O-]. The number of para-hydroxylation sites is 1. The molecule has 1 aliphatic heterocycles.